The molecule has 2 rings (SSSR count). The smallest absolute Gasteiger partial charge is 0.274 e. The molecule has 1 aromatic heterocycles. The van der Waals surface area contributed by atoms with Gasteiger partial charge in [-0.15, -0.1) is 0 Å². The number of piperidine rings is 1. The Morgan fingerprint density at radius 3 is 2.27 bits per heavy atom. The molecule has 1 saturated heterocycles. The zero-order valence-electron chi connectivity index (χ0n) is 16.8. The van der Waals surface area contributed by atoms with Gasteiger partial charge in [-0.1, -0.05) is 13.8 Å². The summed E-state index contributed by atoms with van der Waals surface area (Å²) in [5, 5.41) is 0. The van der Waals surface area contributed by atoms with Crippen LogP contribution >= 0.6 is 0 Å². The first-order valence-electron chi connectivity index (χ1n) is 10.1. The number of hydrogen-bond acceptors (Lipinski definition) is 6. The fourth-order valence-corrected chi connectivity index (χ4v) is 3.35. The molecule has 0 aromatic carbocycles. The van der Waals surface area contributed by atoms with E-state index in [1.165, 1.54) is 0 Å². The van der Waals surface area contributed by atoms with Crippen LogP contribution < -0.4 is 21.9 Å². The highest BCUT2D eigenvalue weighted by molar-refractivity contribution is 5.42. The predicted octanol–water partition coefficient (Wildman–Crippen LogP) is 1.32. The van der Waals surface area contributed by atoms with Crippen molar-refractivity contribution in [1.29, 1.82) is 0 Å². The zero-order chi connectivity index (χ0) is 19.4. The Kier molecular flexibility index (Phi) is 11.2. The van der Waals surface area contributed by atoms with Crippen molar-refractivity contribution in [2.24, 2.45) is 17.4 Å². The minimum Gasteiger partial charge on any atom is -0.366 e. The van der Waals surface area contributed by atoms with Gasteiger partial charge < -0.3 is 26.3 Å². The summed E-state index contributed by atoms with van der Waals surface area (Å²) >= 11 is 0. The SMILES string of the molecule is CC.Cc1ncc(N2CCC(CN(CCCN)CCCN)CC2)c(=O)[nH]1. The number of aromatic nitrogens is 2. The second kappa shape index (κ2) is 12.8. The van der Waals surface area contributed by atoms with E-state index in [1.54, 1.807) is 13.1 Å². The normalized spacial score (nSPS) is 15.1. The molecule has 1 aliphatic heterocycles. The van der Waals surface area contributed by atoms with Crippen molar-refractivity contribution in [1.82, 2.24) is 14.9 Å². The Morgan fingerprint density at radius 1 is 1.19 bits per heavy atom. The number of rotatable bonds is 9. The number of anilines is 1. The van der Waals surface area contributed by atoms with Gasteiger partial charge in [-0.3, -0.25) is 4.79 Å². The van der Waals surface area contributed by atoms with E-state index in [0.29, 0.717) is 17.4 Å². The highest BCUT2D eigenvalue weighted by Gasteiger charge is 2.23. The van der Waals surface area contributed by atoms with Crippen LogP contribution in [0.2, 0.25) is 0 Å². The Hall–Kier alpha value is -1.44. The third-order valence-electron chi connectivity index (χ3n) is 4.74. The molecule has 0 unspecified atom stereocenters. The molecule has 2 heterocycles. The van der Waals surface area contributed by atoms with Crippen molar-refractivity contribution in [3.63, 3.8) is 0 Å². The molecule has 0 radical (unpaired) electrons. The molecule has 0 aliphatic carbocycles. The Balaban J connectivity index is 0.00000163. The van der Waals surface area contributed by atoms with Crippen LogP contribution in [0.15, 0.2) is 11.0 Å². The second-order valence-electron chi connectivity index (χ2n) is 6.70. The maximum absolute atomic E-state index is 12.1. The van der Waals surface area contributed by atoms with E-state index < -0.39 is 0 Å². The minimum atomic E-state index is -0.0338. The fourth-order valence-electron chi connectivity index (χ4n) is 3.35. The van der Waals surface area contributed by atoms with Crippen LogP contribution in [0.3, 0.4) is 0 Å². The predicted molar refractivity (Wildman–Crippen MR) is 110 cm³/mol. The molecule has 1 aromatic rings. The molecule has 26 heavy (non-hydrogen) atoms. The zero-order valence-corrected chi connectivity index (χ0v) is 16.8. The van der Waals surface area contributed by atoms with Crippen LogP contribution in [0.5, 0.6) is 0 Å². The average Bonchev–Trinajstić information content (AvgIpc) is 2.66. The molecule has 0 bridgehead atoms. The quantitative estimate of drug-likeness (QED) is 0.609. The number of nitrogens with zero attached hydrogens (tertiary/aromatic N) is 3. The molecule has 5 N–H and O–H groups in total. The van der Waals surface area contributed by atoms with Gasteiger partial charge in [0.05, 0.1) is 6.20 Å². The number of H-pyrrole nitrogens is 1. The minimum absolute atomic E-state index is 0.0338. The van der Waals surface area contributed by atoms with E-state index in [4.69, 9.17) is 11.5 Å². The van der Waals surface area contributed by atoms with E-state index in [0.717, 1.165) is 71.5 Å². The lowest BCUT2D eigenvalue weighted by Gasteiger charge is -2.35. The largest absolute Gasteiger partial charge is 0.366 e. The van der Waals surface area contributed by atoms with Gasteiger partial charge >= 0.3 is 0 Å². The van der Waals surface area contributed by atoms with E-state index in [-0.39, 0.29) is 5.56 Å². The molecule has 7 nitrogen and oxygen atoms in total. The lowest BCUT2D eigenvalue weighted by atomic mass is 9.95. The van der Waals surface area contributed by atoms with Crippen LogP contribution in [0.1, 0.15) is 45.4 Å². The van der Waals surface area contributed by atoms with Gasteiger partial charge in [-0.25, -0.2) is 4.98 Å². The fraction of sp³-hybridized carbons (Fsp3) is 0.789. The van der Waals surface area contributed by atoms with E-state index >= 15 is 0 Å². The number of hydrogen-bond donors (Lipinski definition) is 3. The van der Waals surface area contributed by atoms with Gasteiger partial charge in [0.2, 0.25) is 0 Å². The summed E-state index contributed by atoms with van der Waals surface area (Å²) < 4.78 is 0. The third-order valence-corrected chi connectivity index (χ3v) is 4.74. The van der Waals surface area contributed by atoms with Gasteiger partial charge in [0.25, 0.3) is 5.56 Å². The first-order chi connectivity index (χ1) is 12.6. The molecule has 1 aliphatic rings. The molecule has 0 spiro atoms. The second-order valence-corrected chi connectivity index (χ2v) is 6.70. The van der Waals surface area contributed by atoms with Crippen LogP contribution in [-0.2, 0) is 0 Å². The first kappa shape index (κ1) is 22.6. The van der Waals surface area contributed by atoms with E-state index in [9.17, 15) is 4.79 Å². The highest BCUT2D eigenvalue weighted by atomic mass is 16.1. The van der Waals surface area contributed by atoms with Crippen molar-refractivity contribution in [2.45, 2.75) is 46.5 Å². The van der Waals surface area contributed by atoms with Gasteiger partial charge in [0, 0.05) is 19.6 Å². The average molecular weight is 367 g/mol. The lowest BCUT2D eigenvalue weighted by Crippen LogP contribution is -2.41. The number of nitrogens with two attached hydrogens (primary N) is 2. The monoisotopic (exact) mass is 366 g/mol. The van der Waals surface area contributed by atoms with Crippen LogP contribution in [0, 0.1) is 12.8 Å². The van der Waals surface area contributed by atoms with Gasteiger partial charge in [0.15, 0.2) is 0 Å². The van der Waals surface area contributed by atoms with Crippen molar-refractivity contribution < 1.29 is 0 Å². The summed E-state index contributed by atoms with van der Waals surface area (Å²) in [5.41, 5.74) is 12.0. The highest BCUT2D eigenvalue weighted by Crippen LogP contribution is 2.21. The van der Waals surface area contributed by atoms with Crippen molar-refractivity contribution in [2.75, 3.05) is 50.7 Å². The Bertz CT molecular complexity index is 531. The van der Waals surface area contributed by atoms with Crippen molar-refractivity contribution in [3.8, 4) is 0 Å². The first-order valence-corrected chi connectivity index (χ1v) is 10.1. The topological polar surface area (TPSA) is 104 Å². The number of aryl methyl sites for hydroxylation is 1. The number of nitrogens with one attached hydrogen (secondary N) is 1. The summed E-state index contributed by atoms with van der Waals surface area (Å²) in [6.07, 6.45) is 5.98. The van der Waals surface area contributed by atoms with Crippen molar-refractivity contribution >= 4 is 5.69 Å². The molecule has 0 amide bonds. The van der Waals surface area contributed by atoms with Gasteiger partial charge in [-0.2, -0.15) is 0 Å². The number of aromatic amines is 1. The van der Waals surface area contributed by atoms with E-state index in [2.05, 4.69) is 19.8 Å². The Labute approximate surface area is 158 Å². The van der Waals surface area contributed by atoms with Gasteiger partial charge in [0.1, 0.15) is 11.5 Å². The summed E-state index contributed by atoms with van der Waals surface area (Å²) in [7, 11) is 0. The molecular formula is C19H38N6O. The summed E-state index contributed by atoms with van der Waals surface area (Å²) in [6, 6.07) is 0. The molecule has 1 fully saturated rings. The maximum atomic E-state index is 12.1. The van der Waals surface area contributed by atoms with Crippen molar-refractivity contribution in [3.05, 3.63) is 22.4 Å². The standard InChI is InChI=1S/C17H32N6O.C2H6/c1-14-20-12-16(17(24)21-14)23-10-4-15(5-11-23)13-22(8-2-6-18)9-3-7-19;1-2/h12,15H,2-11,13,18-19H2,1H3,(H,20,21,24);1-2H3. The summed E-state index contributed by atoms with van der Waals surface area (Å²) in [6.45, 7) is 12.3. The lowest BCUT2D eigenvalue weighted by molar-refractivity contribution is 0.209. The maximum Gasteiger partial charge on any atom is 0.274 e. The summed E-state index contributed by atoms with van der Waals surface area (Å²) in [4.78, 5) is 23.7. The molecule has 0 saturated carbocycles. The van der Waals surface area contributed by atoms with Crippen LogP contribution in [0.25, 0.3) is 0 Å². The molecule has 7 heteroatoms. The van der Waals surface area contributed by atoms with Crippen LogP contribution in [0.4, 0.5) is 5.69 Å². The molecular weight excluding hydrogens is 328 g/mol. The molecule has 150 valence electrons. The Morgan fingerprint density at radius 2 is 1.77 bits per heavy atom. The summed E-state index contributed by atoms with van der Waals surface area (Å²) in [5.74, 6) is 1.34. The van der Waals surface area contributed by atoms with E-state index in [1.807, 2.05) is 13.8 Å². The molecule has 0 atom stereocenters. The van der Waals surface area contributed by atoms with Gasteiger partial charge in [-0.05, 0) is 64.7 Å². The van der Waals surface area contributed by atoms with Crippen LogP contribution in [-0.4, -0.2) is 60.7 Å². The third kappa shape index (κ3) is 7.43.